The number of esters is 1. The maximum Gasteiger partial charge on any atom is 0.343 e. The number of methoxy groups -OCH3 is 2. The Kier molecular flexibility index (Phi) is 5.82. The van der Waals surface area contributed by atoms with Crippen molar-refractivity contribution in [2.75, 3.05) is 32.3 Å². The van der Waals surface area contributed by atoms with Crippen molar-refractivity contribution in [1.29, 1.82) is 0 Å². The molecule has 0 saturated carbocycles. The molecule has 0 aliphatic carbocycles. The lowest BCUT2D eigenvalue weighted by atomic mass is 9.98. The Labute approximate surface area is 162 Å². The third kappa shape index (κ3) is 3.93. The lowest BCUT2D eigenvalue weighted by Crippen LogP contribution is -2.36. The third-order valence-corrected chi connectivity index (χ3v) is 4.61. The summed E-state index contributed by atoms with van der Waals surface area (Å²) in [7, 11) is 2.72. The zero-order valence-electron chi connectivity index (χ0n) is 16.1. The molecule has 3 rings (SSSR count). The minimum absolute atomic E-state index is 0.236. The molecule has 0 aromatic heterocycles. The number of halogens is 1. The minimum atomic E-state index is -0.554. The van der Waals surface area contributed by atoms with Crippen LogP contribution in [0.1, 0.15) is 27.9 Å². The van der Waals surface area contributed by atoms with Crippen molar-refractivity contribution in [1.82, 2.24) is 0 Å². The number of fused-ring (bicyclic) bond motifs is 1. The summed E-state index contributed by atoms with van der Waals surface area (Å²) in [5.41, 5.74) is 2.30. The number of ether oxygens (including phenoxy) is 3. The fourth-order valence-electron chi connectivity index (χ4n) is 3.32. The van der Waals surface area contributed by atoms with E-state index < -0.39 is 11.8 Å². The van der Waals surface area contributed by atoms with E-state index in [0.717, 1.165) is 24.0 Å². The number of hydrogen-bond donors (Lipinski definition) is 0. The van der Waals surface area contributed by atoms with E-state index >= 15 is 0 Å². The van der Waals surface area contributed by atoms with Gasteiger partial charge in [-0.1, -0.05) is 6.07 Å². The van der Waals surface area contributed by atoms with Crippen LogP contribution < -0.4 is 14.4 Å². The number of carbonyl (C=O) groups is 2. The maximum absolute atomic E-state index is 14.6. The van der Waals surface area contributed by atoms with Crippen LogP contribution in [0, 0.1) is 12.7 Å². The molecule has 2 aromatic rings. The molecule has 1 heterocycles. The zero-order chi connectivity index (χ0) is 20.3. The summed E-state index contributed by atoms with van der Waals surface area (Å²) < 4.78 is 29.8. The molecule has 0 atom stereocenters. The molecule has 6 nitrogen and oxygen atoms in total. The van der Waals surface area contributed by atoms with Gasteiger partial charge in [-0.3, -0.25) is 4.79 Å². The summed E-state index contributed by atoms with van der Waals surface area (Å²) in [4.78, 5) is 25.9. The first-order valence-corrected chi connectivity index (χ1v) is 8.93. The molecule has 148 valence electrons. The highest BCUT2D eigenvalue weighted by atomic mass is 19.1. The van der Waals surface area contributed by atoms with Crippen LogP contribution in [-0.4, -0.2) is 39.2 Å². The SMILES string of the molecule is COC(=O)COc1cc(C(=O)N2CCCc3cc(C)cc(F)c32)ccc1OC. The van der Waals surface area contributed by atoms with Gasteiger partial charge in [0.1, 0.15) is 5.82 Å². The summed E-state index contributed by atoms with van der Waals surface area (Å²) in [5, 5.41) is 0. The molecule has 1 aliphatic rings. The van der Waals surface area contributed by atoms with Gasteiger partial charge in [-0.25, -0.2) is 9.18 Å². The number of carbonyl (C=O) groups excluding carboxylic acids is 2. The molecule has 0 spiro atoms. The summed E-state index contributed by atoms with van der Waals surface area (Å²) in [6, 6.07) is 8.01. The molecule has 7 heteroatoms. The Hall–Kier alpha value is -3.09. The van der Waals surface area contributed by atoms with Crippen LogP contribution in [0.25, 0.3) is 0 Å². The Morgan fingerprint density at radius 1 is 1.14 bits per heavy atom. The molecular weight excluding hydrogens is 365 g/mol. The predicted octanol–water partition coefficient (Wildman–Crippen LogP) is 3.29. The van der Waals surface area contributed by atoms with Gasteiger partial charge in [-0.2, -0.15) is 0 Å². The number of amides is 1. The lowest BCUT2D eigenvalue weighted by Gasteiger charge is -2.30. The molecule has 0 fully saturated rings. The van der Waals surface area contributed by atoms with Crippen molar-refractivity contribution in [3.05, 3.63) is 52.8 Å². The van der Waals surface area contributed by atoms with Crippen LogP contribution in [0.4, 0.5) is 10.1 Å². The van der Waals surface area contributed by atoms with E-state index in [1.165, 1.54) is 31.3 Å². The van der Waals surface area contributed by atoms with Crippen LogP contribution in [0.5, 0.6) is 11.5 Å². The molecule has 1 aliphatic heterocycles. The number of rotatable bonds is 5. The first-order valence-electron chi connectivity index (χ1n) is 8.93. The van der Waals surface area contributed by atoms with Gasteiger partial charge in [0.05, 0.1) is 19.9 Å². The quantitative estimate of drug-likeness (QED) is 0.737. The van der Waals surface area contributed by atoms with Gasteiger partial charge in [-0.05, 0) is 55.2 Å². The minimum Gasteiger partial charge on any atom is -0.493 e. The molecule has 28 heavy (non-hydrogen) atoms. The van der Waals surface area contributed by atoms with Crippen LogP contribution in [0.2, 0.25) is 0 Å². The Bertz CT molecular complexity index is 912. The standard InChI is InChI=1S/C21H22FNO5/c1-13-9-14-5-4-8-23(20(14)16(22)10-13)21(25)15-6-7-17(26-2)18(11-15)28-12-19(24)27-3/h6-7,9-11H,4-5,8,12H2,1-3H3. The van der Waals surface area contributed by atoms with Gasteiger partial charge in [0.2, 0.25) is 0 Å². The average Bonchev–Trinajstić information content (AvgIpc) is 2.70. The van der Waals surface area contributed by atoms with E-state index in [1.54, 1.807) is 12.1 Å². The summed E-state index contributed by atoms with van der Waals surface area (Å²) in [5.74, 6) is -0.684. The van der Waals surface area contributed by atoms with E-state index in [0.29, 0.717) is 23.5 Å². The molecule has 0 radical (unpaired) electrons. The first kappa shape index (κ1) is 19.7. The van der Waals surface area contributed by atoms with Crippen molar-refractivity contribution < 1.29 is 28.2 Å². The van der Waals surface area contributed by atoms with Crippen LogP contribution in [0.15, 0.2) is 30.3 Å². The molecular formula is C21H22FNO5. The zero-order valence-corrected chi connectivity index (χ0v) is 16.1. The molecule has 0 saturated heterocycles. The highest BCUT2D eigenvalue weighted by Gasteiger charge is 2.27. The summed E-state index contributed by atoms with van der Waals surface area (Å²) >= 11 is 0. The molecule has 0 bridgehead atoms. The molecule has 2 aromatic carbocycles. The van der Waals surface area contributed by atoms with Gasteiger partial charge >= 0.3 is 5.97 Å². The van der Waals surface area contributed by atoms with E-state index in [-0.39, 0.29) is 18.3 Å². The highest BCUT2D eigenvalue weighted by molar-refractivity contribution is 6.07. The summed E-state index contributed by atoms with van der Waals surface area (Å²) in [6.07, 6.45) is 1.48. The fourth-order valence-corrected chi connectivity index (χ4v) is 3.32. The maximum atomic E-state index is 14.6. The smallest absolute Gasteiger partial charge is 0.343 e. The number of hydrogen-bond acceptors (Lipinski definition) is 5. The fraction of sp³-hybridized carbons (Fsp3) is 0.333. The predicted molar refractivity (Wildman–Crippen MR) is 102 cm³/mol. The Morgan fingerprint density at radius 2 is 1.93 bits per heavy atom. The van der Waals surface area contributed by atoms with Crippen molar-refractivity contribution in [2.45, 2.75) is 19.8 Å². The van der Waals surface area contributed by atoms with Gasteiger partial charge in [-0.15, -0.1) is 0 Å². The first-order chi connectivity index (χ1) is 13.4. The number of anilines is 1. The second kappa shape index (κ2) is 8.29. The largest absolute Gasteiger partial charge is 0.493 e. The summed E-state index contributed by atoms with van der Waals surface area (Å²) in [6.45, 7) is 1.94. The van der Waals surface area contributed by atoms with Crippen molar-refractivity contribution in [2.24, 2.45) is 0 Å². The van der Waals surface area contributed by atoms with Crippen LogP contribution in [0.3, 0.4) is 0 Å². The Morgan fingerprint density at radius 3 is 2.64 bits per heavy atom. The van der Waals surface area contributed by atoms with Gasteiger partial charge in [0.15, 0.2) is 18.1 Å². The Balaban J connectivity index is 1.92. The van der Waals surface area contributed by atoms with Crippen molar-refractivity contribution in [3.8, 4) is 11.5 Å². The molecule has 1 amide bonds. The lowest BCUT2D eigenvalue weighted by molar-refractivity contribution is -0.142. The highest BCUT2D eigenvalue weighted by Crippen LogP contribution is 2.34. The molecule has 0 N–H and O–H groups in total. The van der Waals surface area contributed by atoms with Gasteiger partial charge in [0.25, 0.3) is 5.91 Å². The van der Waals surface area contributed by atoms with E-state index in [4.69, 9.17) is 9.47 Å². The number of nitrogens with zero attached hydrogens (tertiary/aromatic N) is 1. The van der Waals surface area contributed by atoms with Gasteiger partial charge in [0, 0.05) is 12.1 Å². The third-order valence-electron chi connectivity index (χ3n) is 4.61. The molecule has 0 unspecified atom stereocenters. The van der Waals surface area contributed by atoms with E-state index in [1.807, 2.05) is 13.0 Å². The van der Waals surface area contributed by atoms with Crippen LogP contribution >= 0.6 is 0 Å². The van der Waals surface area contributed by atoms with E-state index in [2.05, 4.69) is 4.74 Å². The topological polar surface area (TPSA) is 65.1 Å². The number of benzene rings is 2. The van der Waals surface area contributed by atoms with Crippen LogP contribution in [-0.2, 0) is 16.0 Å². The average molecular weight is 387 g/mol. The van der Waals surface area contributed by atoms with Gasteiger partial charge < -0.3 is 19.1 Å². The van der Waals surface area contributed by atoms with Crippen molar-refractivity contribution >= 4 is 17.6 Å². The second-order valence-electron chi connectivity index (χ2n) is 6.55. The monoisotopic (exact) mass is 387 g/mol. The number of aryl methyl sites for hydroxylation is 2. The second-order valence-corrected chi connectivity index (χ2v) is 6.55. The van der Waals surface area contributed by atoms with Crippen molar-refractivity contribution in [3.63, 3.8) is 0 Å². The van der Waals surface area contributed by atoms with E-state index in [9.17, 15) is 14.0 Å². The normalized spacial score (nSPS) is 12.9.